The van der Waals surface area contributed by atoms with E-state index in [1.165, 1.54) is 0 Å². The number of nitro groups is 1. The number of rotatable bonds is 5. The number of hydrogen-bond acceptors (Lipinski definition) is 5. The van der Waals surface area contributed by atoms with Crippen LogP contribution in [0.4, 0.5) is 24.7 Å². The van der Waals surface area contributed by atoms with Gasteiger partial charge in [0, 0.05) is 12.1 Å². The van der Waals surface area contributed by atoms with E-state index >= 15 is 0 Å². The van der Waals surface area contributed by atoms with Gasteiger partial charge in [-0.15, -0.1) is 0 Å². The maximum Gasteiger partial charge on any atom is 0.391 e. The zero-order valence-electron chi connectivity index (χ0n) is 10.1. The first-order valence-corrected chi connectivity index (χ1v) is 5.32. The highest BCUT2D eigenvalue weighted by atomic mass is 19.4. The summed E-state index contributed by atoms with van der Waals surface area (Å²) in [6.45, 7) is 1.16. The summed E-state index contributed by atoms with van der Waals surface area (Å²) in [7, 11) is 0. The molecule has 1 aromatic heterocycles. The zero-order chi connectivity index (χ0) is 15.5. The van der Waals surface area contributed by atoms with Gasteiger partial charge in [-0.1, -0.05) is 0 Å². The van der Waals surface area contributed by atoms with Crippen LogP contribution < -0.4 is 5.32 Å². The summed E-state index contributed by atoms with van der Waals surface area (Å²) in [6.07, 6.45) is -5.69. The van der Waals surface area contributed by atoms with Gasteiger partial charge in [0.25, 0.3) is 0 Å². The van der Waals surface area contributed by atoms with E-state index in [0.29, 0.717) is 0 Å². The van der Waals surface area contributed by atoms with Crippen LogP contribution in [0.2, 0.25) is 0 Å². The summed E-state index contributed by atoms with van der Waals surface area (Å²) < 4.78 is 36.6. The lowest BCUT2D eigenvalue weighted by Crippen LogP contribution is -2.25. The minimum Gasteiger partial charge on any atom is -0.477 e. The van der Waals surface area contributed by atoms with E-state index in [4.69, 9.17) is 5.11 Å². The molecule has 1 heterocycles. The SMILES string of the molecule is CC(CC(F)(F)F)Nc1nc(C(=O)O)ccc1[N+](=O)[O-]. The van der Waals surface area contributed by atoms with Gasteiger partial charge in [-0.3, -0.25) is 10.1 Å². The molecule has 1 rings (SSSR count). The Balaban J connectivity index is 3.04. The van der Waals surface area contributed by atoms with Crippen LogP contribution in [0.3, 0.4) is 0 Å². The molecule has 0 fully saturated rings. The number of aromatic nitrogens is 1. The van der Waals surface area contributed by atoms with Gasteiger partial charge in [-0.2, -0.15) is 13.2 Å². The van der Waals surface area contributed by atoms with E-state index in [2.05, 4.69) is 10.3 Å². The molecule has 0 aliphatic rings. The molecule has 0 saturated heterocycles. The van der Waals surface area contributed by atoms with Crippen molar-refractivity contribution >= 4 is 17.5 Å². The third kappa shape index (κ3) is 4.37. The summed E-state index contributed by atoms with van der Waals surface area (Å²) in [6, 6.07) is 0.587. The minimum atomic E-state index is -4.45. The Morgan fingerprint density at radius 1 is 1.55 bits per heavy atom. The quantitative estimate of drug-likeness (QED) is 0.638. The Bertz CT molecular complexity index is 533. The molecule has 0 bridgehead atoms. The van der Waals surface area contributed by atoms with Crippen LogP contribution in [0.15, 0.2) is 12.1 Å². The highest BCUT2D eigenvalue weighted by molar-refractivity contribution is 5.86. The highest BCUT2D eigenvalue weighted by Crippen LogP contribution is 2.26. The first-order valence-electron chi connectivity index (χ1n) is 5.32. The number of carboxylic acid groups (broad SMARTS) is 1. The van der Waals surface area contributed by atoms with Crippen LogP contribution in [0, 0.1) is 10.1 Å². The van der Waals surface area contributed by atoms with Gasteiger partial charge in [0.2, 0.25) is 5.82 Å². The first-order chi connectivity index (χ1) is 9.10. The fourth-order valence-corrected chi connectivity index (χ4v) is 1.46. The average Bonchev–Trinajstić information content (AvgIpc) is 2.25. The fraction of sp³-hybridized carbons (Fsp3) is 0.400. The molecule has 7 nitrogen and oxygen atoms in total. The molecular weight excluding hydrogens is 283 g/mol. The average molecular weight is 293 g/mol. The molecule has 0 radical (unpaired) electrons. The van der Waals surface area contributed by atoms with Crippen molar-refractivity contribution in [2.24, 2.45) is 0 Å². The Hall–Kier alpha value is -2.39. The van der Waals surface area contributed by atoms with Gasteiger partial charge in [0.1, 0.15) is 0 Å². The molecule has 1 aromatic rings. The number of carbonyl (C=O) groups is 1. The topological polar surface area (TPSA) is 105 Å². The van der Waals surface area contributed by atoms with Gasteiger partial charge in [0.05, 0.1) is 11.3 Å². The molecular formula is C10H10F3N3O4. The number of halogens is 3. The summed E-state index contributed by atoms with van der Waals surface area (Å²) in [5.74, 6) is -1.95. The van der Waals surface area contributed by atoms with E-state index < -0.39 is 46.7 Å². The number of aromatic carboxylic acids is 1. The van der Waals surface area contributed by atoms with Crippen molar-refractivity contribution in [2.45, 2.75) is 25.6 Å². The summed E-state index contributed by atoms with van der Waals surface area (Å²) in [4.78, 5) is 24.0. The van der Waals surface area contributed by atoms with Gasteiger partial charge in [0.15, 0.2) is 5.69 Å². The van der Waals surface area contributed by atoms with Crippen molar-refractivity contribution in [1.29, 1.82) is 0 Å². The van der Waals surface area contributed by atoms with E-state index in [1.54, 1.807) is 0 Å². The molecule has 0 aliphatic heterocycles. The number of hydrogen-bond donors (Lipinski definition) is 2. The molecule has 20 heavy (non-hydrogen) atoms. The molecule has 110 valence electrons. The van der Waals surface area contributed by atoms with E-state index in [0.717, 1.165) is 19.1 Å². The van der Waals surface area contributed by atoms with Crippen LogP contribution in [-0.4, -0.2) is 33.2 Å². The van der Waals surface area contributed by atoms with Crippen LogP contribution in [0.25, 0.3) is 0 Å². The Morgan fingerprint density at radius 2 is 2.15 bits per heavy atom. The maximum absolute atomic E-state index is 12.2. The lowest BCUT2D eigenvalue weighted by Gasteiger charge is -2.16. The van der Waals surface area contributed by atoms with E-state index in [1.807, 2.05) is 0 Å². The van der Waals surface area contributed by atoms with Gasteiger partial charge < -0.3 is 10.4 Å². The van der Waals surface area contributed by atoms with Crippen LogP contribution >= 0.6 is 0 Å². The van der Waals surface area contributed by atoms with Gasteiger partial charge >= 0.3 is 17.8 Å². The second-order valence-electron chi connectivity index (χ2n) is 3.99. The van der Waals surface area contributed by atoms with E-state index in [9.17, 15) is 28.1 Å². The minimum absolute atomic E-state index is 0.502. The zero-order valence-corrected chi connectivity index (χ0v) is 10.1. The molecule has 1 atom stereocenters. The third-order valence-electron chi connectivity index (χ3n) is 2.21. The number of nitrogens with zero attached hydrogens (tertiary/aromatic N) is 2. The van der Waals surface area contributed by atoms with Crippen molar-refractivity contribution in [3.63, 3.8) is 0 Å². The molecule has 0 amide bonds. The number of alkyl halides is 3. The fourth-order valence-electron chi connectivity index (χ4n) is 1.46. The van der Waals surface area contributed by atoms with Crippen molar-refractivity contribution in [3.8, 4) is 0 Å². The largest absolute Gasteiger partial charge is 0.477 e. The van der Waals surface area contributed by atoms with Crippen molar-refractivity contribution < 1.29 is 28.0 Å². The summed E-state index contributed by atoms with van der Waals surface area (Å²) >= 11 is 0. The third-order valence-corrected chi connectivity index (χ3v) is 2.21. The van der Waals surface area contributed by atoms with Crippen LogP contribution in [0.5, 0.6) is 0 Å². The standard InChI is InChI=1S/C10H10F3N3O4/c1-5(4-10(11,12)13)14-8-7(16(19)20)3-2-6(15-8)9(17)18/h2-3,5H,4H2,1H3,(H,14,15)(H,17,18). The van der Waals surface area contributed by atoms with Crippen LogP contribution in [0.1, 0.15) is 23.8 Å². The Labute approximate surface area is 110 Å². The normalized spacial score (nSPS) is 12.8. The predicted molar refractivity (Wildman–Crippen MR) is 61.6 cm³/mol. The summed E-state index contributed by atoms with van der Waals surface area (Å²) in [5, 5.41) is 21.7. The molecule has 0 saturated carbocycles. The summed E-state index contributed by atoms with van der Waals surface area (Å²) in [5.41, 5.74) is -1.10. The highest BCUT2D eigenvalue weighted by Gasteiger charge is 2.31. The molecule has 0 aromatic carbocycles. The lowest BCUT2D eigenvalue weighted by atomic mass is 10.2. The van der Waals surface area contributed by atoms with Crippen molar-refractivity contribution in [1.82, 2.24) is 4.98 Å². The first kappa shape index (κ1) is 15.7. The van der Waals surface area contributed by atoms with Crippen LogP contribution in [-0.2, 0) is 0 Å². The second kappa shape index (κ2) is 5.72. The Kier molecular flexibility index (Phi) is 4.48. The molecule has 0 spiro atoms. The Morgan fingerprint density at radius 3 is 2.60 bits per heavy atom. The molecule has 2 N–H and O–H groups in total. The monoisotopic (exact) mass is 293 g/mol. The lowest BCUT2D eigenvalue weighted by molar-refractivity contribution is -0.384. The number of anilines is 1. The predicted octanol–water partition coefficient (Wildman–Crippen LogP) is 2.44. The molecule has 0 aliphatic carbocycles. The smallest absolute Gasteiger partial charge is 0.391 e. The number of carboxylic acids is 1. The van der Waals surface area contributed by atoms with Gasteiger partial charge in [-0.25, -0.2) is 9.78 Å². The van der Waals surface area contributed by atoms with Gasteiger partial charge in [-0.05, 0) is 13.0 Å². The number of pyridine rings is 1. The van der Waals surface area contributed by atoms with Crippen molar-refractivity contribution in [2.75, 3.05) is 5.32 Å². The van der Waals surface area contributed by atoms with Crippen molar-refractivity contribution in [3.05, 3.63) is 27.9 Å². The molecule has 1 unspecified atom stereocenters. The maximum atomic E-state index is 12.2. The van der Waals surface area contributed by atoms with E-state index in [-0.39, 0.29) is 0 Å². The number of nitrogens with one attached hydrogen (secondary N) is 1. The molecule has 10 heteroatoms. The second-order valence-corrected chi connectivity index (χ2v) is 3.99.